The first-order valence-corrected chi connectivity index (χ1v) is 12.1. The Balaban J connectivity index is 1.63. The Morgan fingerprint density at radius 2 is 0.853 bits per heavy atom. The molecule has 0 amide bonds. The Morgan fingerprint density at radius 1 is 0.529 bits per heavy atom. The molecule has 2 aromatic carbocycles. The van der Waals surface area contributed by atoms with Crippen LogP contribution in [0.3, 0.4) is 0 Å². The average Bonchev–Trinajstić information content (AvgIpc) is 2.85. The lowest BCUT2D eigenvalue weighted by Gasteiger charge is -2.62. The fraction of sp³-hybridized carbons (Fsp3) is 0.571. The van der Waals surface area contributed by atoms with E-state index in [1.165, 1.54) is 43.2 Å². The summed E-state index contributed by atoms with van der Waals surface area (Å²) in [5, 5.41) is 0. The van der Waals surface area contributed by atoms with E-state index in [1.54, 1.807) is 42.7 Å². The molecule has 6 heteroatoms. The van der Waals surface area contributed by atoms with Crippen LogP contribution < -0.4 is 28.4 Å². The summed E-state index contributed by atoms with van der Waals surface area (Å²) < 4.78 is 34.1. The molecule has 6 nitrogen and oxygen atoms in total. The van der Waals surface area contributed by atoms with E-state index >= 15 is 0 Å². The second kappa shape index (κ2) is 8.47. The summed E-state index contributed by atoms with van der Waals surface area (Å²) in [7, 11) is 10.1. The molecule has 4 fully saturated rings. The van der Waals surface area contributed by atoms with E-state index in [1.807, 2.05) is 0 Å². The zero-order valence-electron chi connectivity index (χ0n) is 21.2. The highest BCUT2D eigenvalue weighted by Gasteiger charge is 2.59. The maximum atomic E-state index is 5.73. The first-order valence-electron chi connectivity index (χ1n) is 12.1. The van der Waals surface area contributed by atoms with Crippen LogP contribution >= 0.6 is 0 Å². The number of ether oxygens (including phenoxy) is 6. The third-order valence-corrected chi connectivity index (χ3v) is 8.62. The molecule has 0 heterocycles. The summed E-state index contributed by atoms with van der Waals surface area (Å²) in [5.41, 5.74) is 2.76. The van der Waals surface area contributed by atoms with Crippen LogP contribution in [-0.2, 0) is 10.8 Å². The third-order valence-electron chi connectivity index (χ3n) is 8.62. The molecule has 0 unspecified atom stereocenters. The van der Waals surface area contributed by atoms with E-state index in [2.05, 4.69) is 24.3 Å². The minimum Gasteiger partial charge on any atom is -0.493 e. The molecule has 184 valence electrons. The van der Waals surface area contributed by atoms with Gasteiger partial charge < -0.3 is 28.4 Å². The highest BCUT2D eigenvalue weighted by molar-refractivity contribution is 5.58. The minimum absolute atomic E-state index is 0.0807. The number of hydrogen-bond donors (Lipinski definition) is 0. The molecular formula is C28H36O6. The van der Waals surface area contributed by atoms with Crippen molar-refractivity contribution in [3.63, 3.8) is 0 Å². The molecule has 4 saturated carbocycles. The van der Waals surface area contributed by atoms with Gasteiger partial charge in [0.05, 0.1) is 42.7 Å². The quantitative estimate of drug-likeness (QED) is 0.508. The zero-order chi connectivity index (χ0) is 24.1. The van der Waals surface area contributed by atoms with E-state index in [4.69, 9.17) is 28.4 Å². The molecule has 0 aliphatic heterocycles. The number of methoxy groups -OCH3 is 6. The van der Waals surface area contributed by atoms with Crippen molar-refractivity contribution in [2.45, 2.75) is 49.4 Å². The Morgan fingerprint density at radius 3 is 1.12 bits per heavy atom. The molecule has 4 aliphatic carbocycles. The van der Waals surface area contributed by atoms with Crippen LogP contribution in [0.15, 0.2) is 24.3 Å². The zero-order valence-corrected chi connectivity index (χ0v) is 21.2. The largest absolute Gasteiger partial charge is 0.493 e. The van der Waals surface area contributed by atoms with E-state index in [9.17, 15) is 0 Å². The highest BCUT2D eigenvalue weighted by Crippen LogP contribution is 2.67. The fourth-order valence-corrected chi connectivity index (χ4v) is 7.71. The summed E-state index contributed by atoms with van der Waals surface area (Å²) in [6.07, 6.45) is 7.22. The van der Waals surface area contributed by atoms with Gasteiger partial charge in [-0.2, -0.15) is 0 Å². The van der Waals surface area contributed by atoms with Gasteiger partial charge in [-0.05, 0) is 96.6 Å². The first kappa shape index (κ1) is 23.0. The van der Waals surface area contributed by atoms with E-state index in [0.717, 1.165) is 29.4 Å². The van der Waals surface area contributed by atoms with Crippen LogP contribution in [0.5, 0.6) is 34.5 Å². The van der Waals surface area contributed by atoms with Gasteiger partial charge >= 0.3 is 0 Å². The lowest BCUT2D eigenvalue weighted by Crippen LogP contribution is -2.55. The standard InChI is InChI=1S/C28H36O6/c1-29-21-8-19(9-22(30-2)25(21)33-5)27-12-17-7-18(13-27)15-28(14-17,16-27)20-10-23(31-3)26(34-6)24(11-20)32-4/h8-11,17-18H,7,12-16H2,1-6H3. The molecule has 2 aromatic rings. The summed E-state index contributed by atoms with van der Waals surface area (Å²) in [5.74, 6) is 5.61. The van der Waals surface area contributed by atoms with E-state index in [-0.39, 0.29) is 10.8 Å². The van der Waals surface area contributed by atoms with Crippen molar-refractivity contribution >= 4 is 0 Å². The van der Waals surface area contributed by atoms with Gasteiger partial charge in [0.2, 0.25) is 11.5 Å². The normalized spacial score (nSPS) is 29.0. The lowest BCUT2D eigenvalue weighted by molar-refractivity contribution is -0.0284. The SMILES string of the molecule is COc1cc(C23CC4CC(C2)CC(c2cc(OC)c(OC)c(OC)c2)(C4)C3)cc(OC)c1OC. The number of hydrogen-bond acceptors (Lipinski definition) is 6. The predicted octanol–water partition coefficient (Wildman–Crippen LogP) is 5.53. The van der Waals surface area contributed by atoms with Crippen molar-refractivity contribution in [1.29, 1.82) is 0 Å². The topological polar surface area (TPSA) is 55.4 Å². The van der Waals surface area contributed by atoms with Gasteiger partial charge in [-0.1, -0.05) is 0 Å². The van der Waals surface area contributed by atoms with Crippen molar-refractivity contribution in [2.24, 2.45) is 11.8 Å². The van der Waals surface area contributed by atoms with Gasteiger partial charge in [-0.25, -0.2) is 0 Å². The average molecular weight is 469 g/mol. The summed E-state index contributed by atoms with van der Waals surface area (Å²) in [6.45, 7) is 0. The molecule has 0 atom stereocenters. The molecule has 0 aromatic heterocycles. The van der Waals surface area contributed by atoms with Gasteiger partial charge in [-0.3, -0.25) is 0 Å². The lowest BCUT2D eigenvalue weighted by atomic mass is 9.41. The first-order chi connectivity index (χ1) is 16.4. The van der Waals surface area contributed by atoms with Crippen LogP contribution in [0.25, 0.3) is 0 Å². The van der Waals surface area contributed by atoms with Crippen LogP contribution in [0.1, 0.15) is 49.7 Å². The van der Waals surface area contributed by atoms with Crippen molar-refractivity contribution in [2.75, 3.05) is 42.7 Å². The maximum absolute atomic E-state index is 5.73. The van der Waals surface area contributed by atoms with Crippen molar-refractivity contribution in [3.8, 4) is 34.5 Å². The summed E-state index contributed by atoms with van der Waals surface area (Å²) in [6, 6.07) is 8.71. The second-order valence-corrected chi connectivity index (χ2v) is 10.3. The minimum atomic E-state index is 0.0807. The number of rotatable bonds is 8. The molecule has 6 rings (SSSR count). The summed E-state index contributed by atoms with van der Waals surface area (Å²) >= 11 is 0. The van der Waals surface area contributed by atoms with E-state index < -0.39 is 0 Å². The molecule has 0 spiro atoms. The van der Waals surface area contributed by atoms with Crippen molar-refractivity contribution in [3.05, 3.63) is 35.4 Å². The molecule has 0 N–H and O–H groups in total. The van der Waals surface area contributed by atoms with Crippen molar-refractivity contribution < 1.29 is 28.4 Å². The predicted molar refractivity (Wildman–Crippen MR) is 130 cm³/mol. The monoisotopic (exact) mass is 468 g/mol. The van der Waals surface area contributed by atoms with Gasteiger partial charge in [0.1, 0.15) is 0 Å². The Bertz CT molecular complexity index is 931. The molecule has 34 heavy (non-hydrogen) atoms. The van der Waals surface area contributed by atoms with Crippen LogP contribution in [0.4, 0.5) is 0 Å². The molecule has 0 radical (unpaired) electrons. The summed E-state index contributed by atoms with van der Waals surface area (Å²) in [4.78, 5) is 0. The van der Waals surface area contributed by atoms with Gasteiger partial charge in [0.25, 0.3) is 0 Å². The highest BCUT2D eigenvalue weighted by atomic mass is 16.5. The van der Waals surface area contributed by atoms with Crippen LogP contribution in [0, 0.1) is 11.8 Å². The van der Waals surface area contributed by atoms with E-state index in [0.29, 0.717) is 23.3 Å². The van der Waals surface area contributed by atoms with Gasteiger partial charge in [-0.15, -0.1) is 0 Å². The van der Waals surface area contributed by atoms with Gasteiger partial charge in [0.15, 0.2) is 23.0 Å². The fourth-order valence-electron chi connectivity index (χ4n) is 7.71. The molecule has 0 saturated heterocycles. The Kier molecular flexibility index (Phi) is 5.73. The Labute approximate surface area is 202 Å². The molecule has 4 aliphatic rings. The third kappa shape index (κ3) is 3.37. The molecule has 4 bridgehead atoms. The second-order valence-electron chi connectivity index (χ2n) is 10.3. The Hall–Kier alpha value is -2.76. The molecular weight excluding hydrogens is 432 g/mol. The van der Waals surface area contributed by atoms with Crippen molar-refractivity contribution in [1.82, 2.24) is 0 Å². The van der Waals surface area contributed by atoms with Crippen LogP contribution in [0.2, 0.25) is 0 Å². The van der Waals surface area contributed by atoms with Gasteiger partial charge in [0, 0.05) is 0 Å². The smallest absolute Gasteiger partial charge is 0.203 e. The number of benzene rings is 2. The maximum Gasteiger partial charge on any atom is 0.203 e. The van der Waals surface area contributed by atoms with Crippen LogP contribution in [-0.4, -0.2) is 42.7 Å².